The van der Waals surface area contributed by atoms with Crippen LogP contribution in [0.2, 0.25) is 0 Å². The number of phenols is 2. The second-order valence-corrected chi connectivity index (χ2v) is 5.19. The lowest BCUT2D eigenvalue weighted by molar-refractivity contribution is 0.300. The van der Waals surface area contributed by atoms with Gasteiger partial charge in [0, 0.05) is 31.3 Å². The molecule has 2 unspecified atom stereocenters. The van der Waals surface area contributed by atoms with Crippen LogP contribution < -0.4 is 5.32 Å². The zero-order chi connectivity index (χ0) is 11.8. The number of phenolic OH excluding ortho intramolecular Hbond substituents is 2. The first-order valence-electron chi connectivity index (χ1n) is 6.16. The summed E-state index contributed by atoms with van der Waals surface area (Å²) in [5, 5.41) is 22.4. The van der Waals surface area contributed by atoms with Gasteiger partial charge in [-0.25, -0.2) is 0 Å². The summed E-state index contributed by atoms with van der Waals surface area (Å²) in [6.07, 6.45) is 0. The highest BCUT2D eigenvalue weighted by Gasteiger charge is 2.35. The number of fused-ring (bicyclic) bond motifs is 1. The van der Waals surface area contributed by atoms with Gasteiger partial charge in [0.15, 0.2) is 0 Å². The van der Waals surface area contributed by atoms with Crippen LogP contribution in [-0.2, 0) is 6.54 Å². The number of aromatic hydroxyl groups is 2. The molecule has 2 heterocycles. The quantitative estimate of drug-likeness (QED) is 0.707. The lowest BCUT2D eigenvalue weighted by Crippen LogP contribution is -2.25. The maximum Gasteiger partial charge on any atom is 0.123 e. The molecule has 4 heteroatoms. The summed E-state index contributed by atoms with van der Waals surface area (Å²) in [6, 6.07) is 4.85. The van der Waals surface area contributed by atoms with Crippen molar-refractivity contribution < 1.29 is 10.2 Å². The van der Waals surface area contributed by atoms with Crippen molar-refractivity contribution in [2.75, 3.05) is 26.2 Å². The maximum atomic E-state index is 9.76. The van der Waals surface area contributed by atoms with Crippen LogP contribution in [-0.4, -0.2) is 41.3 Å². The fraction of sp³-hybridized carbons (Fsp3) is 0.538. The van der Waals surface area contributed by atoms with E-state index >= 15 is 0 Å². The summed E-state index contributed by atoms with van der Waals surface area (Å²) in [7, 11) is 0. The normalized spacial score (nSPS) is 28.5. The standard InChI is InChI=1S/C13H18N2O2/c16-12-2-1-9(13(17)3-12)6-15-7-10-4-14-5-11(10)8-15/h1-3,10-11,14,16-17H,4-8H2. The fourth-order valence-electron chi connectivity index (χ4n) is 3.01. The Morgan fingerprint density at radius 2 is 1.88 bits per heavy atom. The van der Waals surface area contributed by atoms with Gasteiger partial charge in [0.05, 0.1) is 0 Å². The minimum atomic E-state index is 0.119. The highest BCUT2D eigenvalue weighted by molar-refractivity contribution is 5.38. The molecule has 3 rings (SSSR count). The highest BCUT2D eigenvalue weighted by atomic mass is 16.3. The topological polar surface area (TPSA) is 55.7 Å². The maximum absolute atomic E-state index is 9.76. The third kappa shape index (κ3) is 2.10. The Balaban J connectivity index is 1.67. The van der Waals surface area contributed by atoms with E-state index in [1.54, 1.807) is 12.1 Å². The molecular formula is C13H18N2O2. The fourth-order valence-corrected chi connectivity index (χ4v) is 3.01. The number of likely N-dealkylation sites (tertiary alicyclic amines) is 1. The lowest BCUT2D eigenvalue weighted by atomic mass is 10.0. The van der Waals surface area contributed by atoms with Crippen LogP contribution in [0.4, 0.5) is 0 Å². The molecule has 2 saturated heterocycles. The third-order valence-corrected chi connectivity index (χ3v) is 3.93. The second-order valence-electron chi connectivity index (χ2n) is 5.19. The Morgan fingerprint density at radius 1 is 1.18 bits per heavy atom. The predicted molar refractivity (Wildman–Crippen MR) is 64.9 cm³/mol. The molecule has 92 valence electrons. The number of hydrogen-bond donors (Lipinski definition) is 3. The number of rotatable bonds is 2. The van der Waals surface area contributed by atoms with Gasteiger partial charge in [0.25, 0.3) is 0 Å². The Morgan fingerprint density at radius 3 is 2.53 bits per heavy atom. The van der Waals surface area contributed by atoms with Crippen molar-refractivity contribution in [3.05, 3.63) is 23.8 Å². The number of nitrogens with one attached hydrogen (secondary N) is 1. The minimum Gasteiger partial charge on any atom is -0.508 e. The van der Waals surface area contributed by atoms with Crippen molar-refractivity contribution >= 4 is 0 Å². The van der Waals surface area contributed by atoms with Crippen LogP contribution in [0, 0.1) is 11.8 Å². The van der Waals surface area contributed by atoms with Crippen LogP contribution in [0.25, 0.3) is 0 Å². The Labute approximate surface area is 101 Å². The average molecular weight is 234 g/mol. The van der Waals surface area contributed by atoms with E-state index in [0.29, 0.717) is 0 Å². The molecule has 2 aliphatic heterocycles. The number of benzene rings is 1. The van der Waals surface area contributed by atoms with E-state index in [4.69, 9.17) is 0 Å². The summed E-state index contributed by atoms with van der Waals surface area (Å²) < 4.78 is 0. The van der Waals surface area contributed by atoms with Crippen LogP contribution in [0.15, 0.2) is 18.2 Å². The van der Waals surface area contributed by atoms with Gasteiger partial charge in [0.2, 0.25) is 0 Å². The Hall–Kier alpha value is -1.26. The molecule has 0 spiro atoms. The van der Waals surface area contributed by atoms with Crippen molar-refractivity contribution in [2.24, 2.45) is 11.8 Å². The molecule has 17 heavy (non-hydrogen) atoms. The number of hydrogen-bond acceptors (Lipinski definition) is 4. The zero-order valence-corrected chi connectivity index (χ0v) is 9.76. The molecule has 2 aliphatic rings. The van der Waals surface area contributed by atoms with Crippen LogP contribution in [0.3, 0.4) is 0 Å². The van der Waals surface area contributed by atoms with E-state index in [-0.39, 0.29) is 11.5 Å². The molecule has 2 fully saturated rings. The van der Waals surface area contributed by atoms with E-state index in [9.17, 15) is 10.2 Å². The van der Waals surface area contributed by atoms with Crippen LogP contribution >= 0.6 is 0 Å². The van der Waals surface area contributed by atoms with Crippen LogP contribution in [0.1, 0.15) is 5.56 Å². The third-order valence-electron chi connectivity index (χ3n) is 3.93. The number of nitrogens with zero attached hydrogens (tertiary/aromatic N) is 1. The van der Waals surface area contributed by atoms with Crippen molar-refractivity contribution in [3.8, 4) is 11.5 Å². The van der Waals surface area contributed by atoms with E-state index < -0.39 is 0 Å². The molecule has 2 atom stereocenters. The van der Waals surface area contributed by atoms with Crippen molar-refractivity contribution in [1.29, 1.82) is 0 Å². The van der Waals surface area contributed by atoms with Crippen LogP contribution in [0.5, 0.6) is 11.5 Å². The highest BCUT2D eigenvalue weighted by Crippen LogP contribution is 2.30. The van der Waals surface area contributed by atoms with Gasteiger partial charge in [-0.1, -0.05) is 6.07 Å². The predicted octanol–water partition coefficient (Wildman–Crippen LogP) is 0.749. The summed E-state index contributed by atoms with van der Waals surface area (Å²) in [6.45, 7) is 5.25. The summed E-state index contributed by atoms with van der Waals surface area (Å²) >= 11 is 0. The molecule has 0 bridgehead atoms. The van der Waals surface area contributed by atoms with Crippen molar-refractivity contribution in [2.45, 2.75) is 6.54 Å². The molecule has 3 N–H and O–H groups in total. The molecule has 0 saturated carbocycles. The molecule has 0 aliphatic carbocycles. The molecule has 1 aromatic carbocycles. The Kier molecular flexibility index (Phi) is 2.68. The van der Waals surface area contributed by atoms with E-state index in [2.05, 4.69) is 10.2 Å². The zero-order valence-electron chi connectivity index (χ0n) is 9.76. The monoisotopic (exact) mass is 234 g/mol. The molecule has 1 aromatic rings. The molecule has 0 radical (unpaired) electrons. The van der Waals surface area contributed by atoms with Crippen molar-refractivity contribution in [1.82, 2.24) is 10.2 Å². The van der Waals surface area contributed by atoms with E-state index in [1.807, 2.05) is 0 Å². The molecular weight excluding hydrogens is 216 g/mol. The van der Waals surface area contributed by atoms with Gasteiger partial charge in [-0.05, 0) is 31.0 Å². The first-order valence-corrected chi connectivity index (χ1v) is 6.16. The molecule has 0 aromatic heterocycles. The first-order chi connectivity index (χ1) is 8.22. The summed E-state index contributed by atoms with van der Waals surface area (Å²) in [5.74, 6) is 1.86. The van der Waals surface area contributed by atoms with Gasteiger partial charge < -0.3 is 15.5 Å². The second kappa shape index (κ2) is 4.20. The lowest BCUT2D eigenvalue weighted by Gasteiger charge is -2.17. The first kappa shape index (κ1) is 10.9. The van der Waals surface area contributed by atoms with Gasteiger partial charge >= 0.3 is 0 Å². The van der Waals surface area contributed by atoms with Gasteiger partial charge in [0.1, 0.15) is 11.5 Å². The average Bonchev–Trinajstić information content (AvgIpc) is 2.82. The Bertz CT molecular complexity index is 410. The summed E-state index contributed by atoms with van der Waals surface area (Å²) in [5.41, 5.74) is 0.899. The minimum absolute atomic E-state index is 0.119. The van der Waals surface area contributed by atoms with Gasteiger partial charge in [-0.2, -0.15) is 0 Å². The van der Waals surface area contributed by atoms with E-state index in [1.165, 1.54) is 6.07 Å². The van der Waals surface area contributed by atoms with Gasteiger partial charge in [-0.3, -0.25) is 4.90 Å². The largest absolute Gasteiger partial charge is 0.508 e. The summed E-state index contributed by atoms with van der Waals surface area (Å²) in [4.78, 5) is 2.39. The van der Waals surface area contributed by atoms with E-state index in [0.717, 1.165) is 50.1 Å². The molecule has 0 amide bonds. The van der Waals surface area contributed by atoms with Gasteiger partial charge in [-0.15, -0.1) is 0 Å². The molecule has 4 nitrogen and oxygen atoms in total. The SMILES string of the molecule is Oc1ccc(CN2CC3CNCC3C2)c(O)c1. The smallest absolute Gasteiger partial charge is 0.123 e. The van der Waals surface area contributed by atoms with Crippen molar-refractivity contribution in [3.63, 3.8) is 0 Å².